The van der Waals surface area contributed by atoms with Crippen molar-refractivity contribution in [2.75, 3.05) is 24.6 Å². The molecule has 1 saturated carbocycles. The number of aromatic nitrogens is 3. The number of anilines is 1. The third-order valence-electron chi connectivity index (χ3n) is 8.92. The fraction of sp³-hybridized carbons (Fsp3) is 0.375. The Balaban J connectivity index is 1.08. The molecule has 3 aliphatic rings. The number of ether oxygens (including phenoxy) is 2. The van der Waals surface area contributed by atoms with Gasteiger partial charge in [0.1, 0.15) is 29.6 Å². The molecule has 2 aromatic carbocycles. The smallest absolute Gasteiger partial charge is 0.335 e. The molecule has 0 bridgehead atoms. The molecule has 7 rings (SSSR count). The first-order valence-electron chi connectivity index (χ1n) is 14.7. The lowest BCUT2D eigenvalue weighted by molar-refractivity contribution is -0.0594. The van der Waals surface area contributed by atoms with Crippen molar-refractivity contribution in [1.29, 1.82) is 5.26 Å². The molecule has 2 aliphatic heterocycles. The lowest BCUT2D eigenvalue weighted by Gasteiger charge is -2.54. The molecule has 4 aromatic rings. The molecule has 0 spiro atoms. The van der Waals surface area contributed by atoms with Gasteiger partial charge in [-0.25, -0.2) is 14.2 Å². The predicted molar refractivity (Wildman–Crippen MR) is 160 cm³/mol. The second kappa shape index (κ2) is 11.7. The van der Waals surface area contributed by atoms with E-state index in [9.17, 15) is 14.3 Å². The number of halogens is 2. The number of rotatable bonds is 9. The second-order valence-corrected chi connectivity index (χ2v) is 11.9. The molecular formula is C32H30ClFN6O4. The quantitative estimate of drug-likeness (QED) is 0.277. The van der Waals surface area contributed by atoms with Gasteiger partial charge >= 0.3 is 5.97 Å². The number of benzene rings is 2. The Hall–Kier alpha value is -4.24. The van der Waals surface area contributed by atoms with Gasteiger partial charge < -0.3 is 24.0 Å². The zero-order chi connectivity index (χ0) is 30.4. The third kappa shape index (κ3) is 5.34. The van der Waals surface area contributed by atoms with Crippen LogP contribution in [0.1, 0.15) is 46.6 Å². The van der Waals surface area contributed by atoms with E-state index in [1.165, 1.54) is 12.1 Å². The van der Waals surface area contributed by atoms with Crippen molar-refractivity contribution in [2.45, 2.75) is 57.1 Å². The van der Waals surface area contributed by atoms with Gasteiger partial charge in [-0.3, -0.25) is 4.90 Å². The Kier molecular flexibility index (Phi) is 7.58. The summed E-state index contributed by atoms with van der Waals surface area (Å²) >= 11 is 6.52. The molecule has 10 nitrogen and oxygen atoms in total. The minimum Gasteiger partial charge on any atom is -0.478 e. The average Bonchev–Trinajstić information content (AvgIpc) is 3.32. The summed E-state index contributed by atoms with van der Waals surface area (Å²) in [6.45, 7) is 3.51. The summed E-state index contributed by atoms with van der Waals surface area (Å²) in [5.41, 5.74) is 2.08. The summed E-state index contributed by atoms with van der Waals surface area (Å²) < 4.78 is 28.0. The topological polar surface area (TPSA) is 117 Å². The monoisotopic (exact) mass is 616 g/mol. The number of carboxylic acids is 1. The van der Waals surface area contributed by atoms with Crippen molar-refractivity contribution >= 4 is 34.4 Å². The molecule has 2 saturated heterocycles. The maximum atomic E-state index is 14.3. The predicted octanol–water partition coefficient (Wildman–Crippen LogP) is 5.01. The van der Waals surface area contributed by atoms with Crippen LogP contribution in [0, 0.1) is 17.1 Å². The largest absolute Gasteiger partial charge is 0.478 e. The van der Waals surface area contributed by atoms with Crippen molar-refractivity contribution < 1.29 is 23.8 Å². The van der Waals surface area contributed by atoms with Gasteiger partial charge in [-0.05, 0) is 49.6 Å². The van der Waals surface area contributed by atoms with E-state index in [2.05, 4.69) is 14.4 Å². The van der Waals surface area contributed by atoms with Crippen molar-refractivity contribution in [3.8, 4) is 11.9 Å². The number of nitriles is 1. The molecular weight excluding hydrogens is 587 g/mol. The van der Waals surface area contributed by atoms with E-state index >= 15 is 0 Å². The standard InChI is InChI=1S/C32H30ClFN6O4/c33-23-13-21(32(41)42)14-27-31(23)37-29(40(27)16-22-8-11-43-22)17-38-9-10-39(26-7-6-25(26)38)28-2-1-3-30(36-28)44-18-20-5-4-19(15-35)12-24(20)34/h1-5,12-14,22,25-26H,6-11,16-18H2,(H,41,42)/t22-,25-,26+/m0/s1. The number of hydrogen-bond donors (Lipinski definition) is 1. The van der Waals surface area contributed by atoms with Crippen LogP contribution in [0.15, 0.2) is 48.5 Å². The van der Waals surface area contributed by atoms with E-state index < -0.39 is 11.8 Å². The molecule has 0 unspecified atom stereocenters. The molecule has 44 heavy (non-hydrogen) atoms. The number of pyridine rings is 1. The minimum atomic E-state index is -1.03. The Labute approximate surface area is 258 Å². The maximum absolute atomic E-state index is 14.3. The van der Waals surface area contributed by atoms with E-state index in [0.717, 1.165) is 50.6 Å². The van der Waals surface area contributed by atoms with Crippen LogP contribution in [0.25, 0.3) is 11.0 Å². The van der Waals surface area contributed by atoms with Crippen LogP contribution in [-0.2, 0) is 24.4 Å². The first kappa shape index (κ1) is 28.5. The van der Waals surface area contributed by atoms with Crippen LogP contribution in [0.5, 0.6) is 5.88 Å². The highest BCUT2D eigenvalue weighted by atomic mass is 35.5. The van der Waals surface area contributed by atoms with Crippen LogP contribution in [0.4, 0.5) is 10.2 Å². The lowest BCUT2D eigenvalue weighted by Crippen LogP contribution is -2.64. The molecule has 2 aromatic heterocycles. The van der Waals surface area contributed by atoms with Crippen molar-refractivity contribution in [1.82, 2.24) is 19.4 Å². The van der Waals surface area contributed by atoms with Gasteiger partial charge in [-0.15, -0.1) is 0 Å². The summed E-state index contributed by atoms with van der Waals surface area (Å²) in [6, 6.07) is 15.6. The molecule has 226 valence electrons. The molecule has 3 atom stereocenters. The summed E-state index contributed by atoms with van der Waals surface area (Å²) in [5.74, 6) is 0.573. The number of imidazole rings is 1. The highest BCUT2D eigenvalue weighted by Gasteiger charge is 2.44. The fourth-order valence-electron chi connectivity index (χ4n) is 6.32. The number of aromatic carboxylic acids is 1. The van der Waals surface area contributed by atoms with Crippen LogP contribution in [-0.4, -0.2) is 68.4 Å². The van der Waals surface area contributed by atoms with Gasteiger partial charge in [-0.2, -0.15) is 10.2 Å². The van der Waals surface area contributed by atoms with Crippen LogP contribution in [0.2, 0.25) is 5.02 Å². The molecule has 3 fully saturated rings. The van der Waals surface area contributed by atoms with Gasteiger partial charge in [0.2, 0.25) is 5.88 Å². The third-order valence-corrected chi connectivity index (χ3v) is 9.21. The first-order chi connectivity index (χ1) is 21.4. The Morgan fingerprint density at radius 3 is 2.68 bits per heavy atom. The minimum absolute atomic E-state index is 0.0126. The highest BCUT2D eigenvalue weighted by Crippen LogP contribution is 2.38. The number of carbonyl (C=O) groups is 1. The molecule has 4 heterocycles. The van der Waals surface area contributed by atoms with E-state index in [4.69, 9.17) is 36.3 Å². The first-order valence-corrected chi connectivity index (χ1v) is 15.1. The molecule has 1 N–H and O–H groups in total. The summed E-state index contributed by atoms with van der Waals surface area (Å²) in [4.78, 5) is 26.2. The van der Waals surface area contributed by atoms with Gasteiger partial charge in [0.25, 0.3) is 0 Å². The van der Waals surface area contributed by atoms with Crippen LogP contribution >= 0.6 is 11.6 Å². The summed E-state index contributed by atoms with van der Waals surface area (Å²) in [6.07, 6.45) is 3.10. The van der Waals surface area contributed by atoms with Gasteiger partial charge in [-0.1, -0.05) is 23.7 Å². The fourth-order valence-corrected chi connectivity index (χ4v) is 6.58. The zero-order valence-corrected chi connectivity index (χ0v) is 24.6. The number of hydrogen-bond acceptors (Lipinski definition) is 8. The Morgan fingerprint density at radius 1 is 1.14 bits per heavy atom. The number of fused-ring (bicyclic) bond motifs is 2. The lowest BCUT2D eigenvalue weighted by atomic mass is 9.81. The van der Waals surface area contributed by atoms with Crippen molar-refractivity contribution in [2.24, 2.45) is 0 Å². The van der Waals surface area contributed by atoms with Gasteiger partial charge in [0, 0.05) is 43.4 Å². The Morgan fingerprint density at radius 2 is 1.98 bits per heavy atom. The second-order valence-electron chi connectivity index (χ2n) is 11.5. The molecule has 0 amide bonds. The van der Waals surface area contributed by atoms with Gasteiger partial charge in [0.15, 0.2) is 0 Å². The molecule has 0 radical (unpaired) electrons. The number of nitrogens with zero attached hydrogens (tertiary/aromatic N) is 6. The zero-order valence-electron chi connectivity index (χ0n) is 23.8. The van der Waals surface area contributed by atoms with E-state index in [1.807, 2.05) is 18.2 Å². The molecule has 1 aliphatic carbocycles. The van der Waals surface area contributed by atoms with Crippen LogP contribution in [0.3, 0.4) is 0 Å². The summed E-state index contributed by atoms with van der Waals surface area (Å²) in [7, 11) is 0. The maximum Gasteiger partial charge on any atom is 0.335 e. The van der Waals surface area contributed by atoms with Crippen molar-refractivity contribution in [3.63, 3.8) is 0 Å². The number of carboxylic acid groups (broad SMARTS) is 1. The number of piperazine rings is 1. The van der Waals surface area contributed by atoms with E-state index in [0.29, 0.717) is 46.6 Å². The summed E-state index contributed by atoms with van der Waals surface area (Å²) in [5, 5.41) is 18.9. The Bertz CT molecular complexity index is 1790. The van der Waals surface area contributed by atoms with Gasteiger partial charge in [0.05, 0.1) is 46.9 Å². The van der Waals surface area contributed by atoms with Crippen LogP contribution < -0.4 is 9.64 Å². The normalized spacial score (nSPS) is 21.3. The van der Waals surface area contributed by atoms with E-state index in [-0.39, 0.29) is 29.9 Å². The molecule has 12 heteroatoms. The SMILES string of the molecule is N#Cc1ccc(COc2cccc(N3CCN(Cc4nc5c(Cl)cc(C(=O)O)cc5n4C[C@@H]4CCO4)[C@H]4CC[C@H]43)n2)c(F)c1. The highest BCUT2D eigenvalue weighted by molar-refractivity contribution is 6.35. The van der Waals surface area contributed by atoms with E-state index in [1.54, 1.807) is 24.3 Å². The van der Waals surface area contributed by atoms with Crippen molar-refractivity contribution in [3.05, 3.63) is 81.9 Å². The average molecular weight is 617 g/mol.